The largest absolute Gasteiger partial charge is 0.207 e. The number of hydrogen-bond donors (Lipinski definition) is 0. The molecule has 0 aromatic heterocycles. The molecule has 6 rings (SSSR count). The van der Waals surface area contributed by atoms with E-state index in [9.17, 15) is 8.78 Å². The zero-order chi connectivity index (χ0) is 14.8. The summed E-state index contributed by atoms with van der Waals surface area (Å²) in [6.45, 7) is 0. The van der Waals surface area contributed by atoms with Gasteiger partial charge in [-0.2, -0.15) is 0 Å². The van der Waals surface area contributed by atoms with Crippen molar-refractivity contribution in [2.75, 3.05) is 0 Å². The molecule has 3 aromatic carbocycles. The normalized spacial score (nSPS) is 20.3. The molecule has 22 heavy (non-hydrogen) atoms. The van der Waals surface area contributed by atoms with Gasteiger partial charge in [-0.1, -0.05) is 48.5 Å². The fraction of sp³-hybridized carbons (Fsp3) is 0.100. The van der Waals surface area contributed by atoms with Crippen LogP contribution in [0.15, 0.2) is 60.7 Å². The molecule has 0 saturated carbocycles. The summed E-state index contributed by atoms with van der Waals surface area (Å²) < 4.78 is 29.1. The fourth-order valence-corrected chi connectivity index (χ4v) is 4.21. The smallest absolute Gasteiger partial charge is 0.127 e. The highest BCUT2D eigenvalue weighted by Gasteiger charge is 2.43. The molecule has 0 atom stereocenters. The van der Waals surface area contributed by atoms with Crippen molar-refractivity contribution in [2.45, 2.75) is 11.8 Å². The molecule has 0 N–H and O–H groups in total. The van der Waals surface area contributed by atoms with Gasteiger partial charge in [0.2, 0.25) is 0 Å². The van der Waals surface area contributed by atoms with E-state index in [0.717, 1.165) is 16.7 Å². The number of benzene rings is 3. The minimum absolute atomic E-state index is 0.0717. The van der Waals surface area contributed by atoms with Crippen LogP contribution in [0.1, 0.15) is 45.2 Å². The Morgan fingerprint density at radius 3 is 1.50 bits per heavy atom. The van der Waals surface area contributed by atoms with Crippen LogP contribution in [0.5, 0.6) is 0 Å². The molecule has 0 unspecified atom stereocenters. The molecule has 0 radical (unpaired) electrons. The summed E-state index contributed by atoms with van der Waals surface area (Å²) in [5, 5.41) is 0. The Hall–Kier alpha value is -2.48. The van der Waals surface area contributed by atoms with Gasteiger partial charge in [-0.05, 0) is 34.4 Å². The summed E-state index contributed by atoms with van der Waals surface area (Å²) in [5.41, 5.74) is 5.43. The summed E-state index contributed by atoms with van der Waals surface area (Å²) in [6.07, 6.45) is 0. The number of halogens is 2. The highest BCUT2D eigenvalue weighted by molar-refractivity contribution is 5.68. The van der Waals surface area contributed by atoms with E-state index in [1.165, 1.54) is 17.7 Å². The van der Waals surface area contributed by atoms with Gasteiger partial charge in [0.05, 0.1) is 0 Å². The van der Waals surface area contributed by atoms with Crippen LogP contribution in [0.25, 0.3) is 0 Å². The average molecular weight is 290 g/mol. The predicted molar refractivity (Wildman–Crippen MR) is 81.1 cm³/mol. The summed E-state index contributed by atoms with van der Waals surface area (Å²) in [7, 11) is 0. The topological polar surface area (TPSA) is 0 Å². The first-order valence-electron chi connectivity index (χ1n) is 7.43. The van der Waals surface area contributed by atoms with E-state index in [1.807, 2.05) is 30.3 Å². The second kappa shape index (κ2) is 4.04. The van der Waals surface area contributed by atoms with Crippen LogP contribution < -0.4 is 0 Å². The second-order valence-corrected chi connectivity index (χ2v) is 5.98. The SMILES string of the molecule is Fc1cccc2c1C1c3ccccc3C2c2cccc(F)c21. The molecule has 2 heteroatoms. The summed E-state index contributed by atoms with van der Waals surface area (Å²) in [5.74, 6) is -0.891. The predicted octanol–water partition coefficient (Wildman–Crippen LogP) is 4.95. The molecule has 106 valence electrons. The Morgan fingerprint density at radius 1 is 0.500 bits per heavy atom. The standard InChI is InChI=1S/C20H12F2/c21-15-9-3-7-13-17-11-5-1-2-6-12(11)20(18(13)15)19-14(17)8-4-10-16(19)22/h1-10,17,20H. The van der Waals surface area contributed by atoms with Crippen molar-refractivity contribution in [3.63, 3.8) is 0 Å². The van der Waals surface area contributed by atoms with Crippen molar-refractivity contribution in [2.24, 2.45) is 0 Å². The van der Waals surface area contributed by atoms with Crippen LogP contribution in [0.3, 0.4) is 0 Å². The van der Waals surface area contributed by atoms with Gasteiger partial charge in [-0.3, -0.25) is 0 Å². The summed E-state index contributed by atoms with van der Waals surface area (Å²) >= 11 is 0. The zero-order valence-electron chi connectivity index (χ0n) is 11.7. The molecule has 0 amide bonds. The van der Waals surface area contributed by atoms with E-state index in [1.54, 1.807) is 12.1 Å². The Morgan fingerprint density at radius 2 is 0.955 bits per heavy atom. The van der Waals surface area contributed by atoms with Crippen LogP contribution >= 0.6 is 0 Å². The van der Waals surface area contributed by atoms with E-state index in [-0.39, 0.29) is 23.5 Å². The van der Waals surface area contributed by atoms with Crippen LogP contribution in [-0.4, -0.2) is 0 Å². The van der Waals surface area contributed by atoms with E-state index >= 15 is 0 Å². The lowest BCUT2D eigenvalue weighted by atomic mass is 9.61. The molecule has 0 heterocycles. The Labute approximate surface area is 127 Å². The maximum atomic E-state index is 14.5. The minimum Gasteiger partial charge on any atom is -0.207 e. The number of rotatable bonds is 0. The maximum Gasteiger partial charge on any atom is 0.127 e. The molecule has 0 fully saturated rings. The van der Waals surface area contributed by atoms with Crippen LogP contribution in [0, 0.1) is 11.6 Å². The van der Waals surface area contributed by atoms with Crippen molar-refractivity contribution in [1.29, 1.82) is 0 Å². The first kappa shape index (κ1) is 12.1. The molecule has 3 aromatic rings. The van der Waals surface area contributed by atoms with Crippen molar-refractivity contribution in [3.05, 3.63) is 106 Å². The lowest BCUT2D eigenvalue weighted by Gasteiger charge is -2.42. The van der Waals surface area contributed by atoms with Gasteiger partial charge in [0.1, 0.15) is 11.6 Å². The maximum absolute atomic E-state index is 14.5. The summed E-state index contributed by atoms with van der Waals surface area (Å²) in [6, 6.07) is 18.4. The van der Waals surface area contributed by atoms with Gasteiger partial charge in [0.15, 0.2) is 0 Å². The van der Waals surface area contributed by atoms with Crippen molar-refractivity contribution >= 4 is 0 Å². The molecule has 3 aliphatic rings. The highest BCUT2D eigenvalue weighted by Crippen LogP contribution is 2.56. The van der Waals surface area contributed by atoms with Crippen molar-refractivity contribution in [1.82, 2.24) is 0 Å². The second-order valence-electron chi connectivity index (χ2n) is 5.98. The average Bonchev–Trinajstić information content (AvgIpc) is 2.55. The molecule has 2 bridgehead atoms. The third-order valence-corrected chi connectivity index (χ3v) is 4.99. The van der Waals surface area contributed by atoms with E-state index < -0.39 is 0 Å². The monoisotopic (exact) mass is 290 g/mol. The Bertz CT molecular complexity index is 873. The summed E-state index contributed by atoms with van der Waals surface area (Å²) in [4.78, 5) is 0. The van der Waals surface area contributed by atoms with Gasteiger partial charge in [0, 0.05) is 23.0 Å². The molecular weight excluding hydrogens is 278 g/mol. The lowest BCUT2D eigenvalue weighted by molar-refractivity contribution is 0.559. The van der Waals surface area contributed by atoms with Crippen LogP contribution in [0.4, 0.5) is 8.78 Å². The highest BCUT2D eigenvalue weighted by atomic mass is 19.1. The number of hydrogen-bond acceptors (Lipinski definition) is 0. The third kappa shape index (κ3) is 1.31. The first-order valence-corrected chi connectivity index (χ1v) is 7.43. The quantitative estimate of drug-likeness (QED) is 0.378. The first-order chi connectivity index (χ1) is 10.8. The van der Waals surface area contributed by atoms with Gasteiger partial charge in [0.25, 0.3) is 0 Å². The van der Waals surface area contributed by atoms with E-state index in [2.05, 4.69) is 6.07 Å². The van der Waals surface area contributed by atoms with Crippen molar-refractivity contribution < 1.29 is 8.78 Å². The molecule has 0 aliphatic heterocycles. The Balaban J connectivity index is 1.96. The van der Waals surface area contributed by atoms with E-state index in [0.29, 0.717) is 11.1 Å². The van der Waals surface area contributed by atoms with Crippen LogP contribution in [0.2, 0.25) is 0 Å². The van der Waals surface area contributed by atoms with Crippen LogP contribution in [-0.2, 0) is 0 Å². The van der Waals surface area contributed by atoms with Gasteiger partial charge in [-0.25, -0.2) is 8.78 Å². The Kier molecular flexibility index (Phi) is 2.22. The van der Waals surface area contributed by atoms with Gasteiger partial charge < -0.3 is 0 Å². The molecule has 0 nitrogen and oxygen atoms in total. The van der Waals surface area contributed by atoms with Gasteiger partial charge >= 0.3 is 0 Å². The molecular formula is C20H12F2. The zero-order valence-corrected chi connectivity index (χ0v) is 11.7. The molecule has 0 saturated heterocycles. The minimum atomic E-state index is -0.339. The van der Waals surface area contributed by atoms with Gasteiger partial charge in [-0.15, -0.1) is 0 Å². The van der Waals surface area contributed by atoms with E-state index in [4.69, 9.17) is 0 Å². The van der Waals surface area contributed by atoms with Crippen molar-refractivity contribution in [3.8, 4) is 0 Å². The third-order valence-electron chi connectivity index (χ3n) is 4.99. The lowest BCUT2D eigenvalue weighted by Crippen LogP contribution is -2.29. The fourth-order valence-electron chi connectivity index (χ4n) is 4.21. The molecule has 3 aliphatic carbocycles. The molecule has 0 spiro atoms.